The molecule has 1 N–H and O–H groups in total. The van der Waals surface area contributed by atoms with E-state index in [4.69, 9.17) is 0 Å². The van der Waals surface area contributed by atoms with Gasteiger partial charge in [0.25, 0.3) is 0 Å². The Morgan fingerprint density at radius 2 is 1.81 bits per heavy atom. The van der Waals surface area contributed by atoms with E-state index in [0.717, 1.165) is 25.8 Å². The second-order valence-corrected chi connectivity index (χ2v) is 8.26. The number of benzene rings is 1. The molecule has 3 nitrogen and oxygen atoms in total. The molecule has 2 unspecified atom stereocenters. The lowest BCUT2D eigenvalue weighted by atomic mass is 10.1. The van der Waals surface area contributed by atoms with Gasteiger partial charge >= 0.3 is 0 Å². The molecule has 2 atom stereocenters. The van der Waals surface area contributed by atoms with Crippen LogP contribution in [0.25, 0.3) is 0 Å². The second kappa shape index (κ2) is 8.91. The van der Waals surface area contributed by atoms with Crippen molar-refractivity contribution in [2.45, 2.75) is 62.6 Å². The van der Waals surface area contributed by atoms with E-state index >= 15 is 0 Å². The molecule has 0 bridgehead atoms. The topological polar surface area (TPSA) is 46.2 Å². The van der Waals surface area contributed by atoms with Crippen molar-refractivity contribution in [1.29, 1.82) is 0 Å². The number of sulfone groups is 1. The quantitative estimate of drug-likeness (QED) is 0.704. The van der Waals surface area contributed by atoms with Gasteiger partial charge in [-0.3, -0.25) is 0 Å². The van der Waals surface area contributed by atoms with Crippen LogP contribution in [0.1, 0.15) is 46.5 Å². The minimum atomic E-state index is -3.34. The van der Waals surface area contributed by atoms with Crippen molar-refractivity contribution in [1.82, 2.24) is 5.32 Å². The first-order valence-corrected chi connectivity index (χ1v) is 10.0. The Bertz CT molecular complexity index is 531. The predicted molar refractivity (Wildman–Crippen MR) is 92.4 cm³/mol. The highest BCUT2D eigenvalue weighted by Crippen LogP contribution is 2.28. The van der Waals surface area contributed by atoms with Gasteiger partial charge in [-0.2, -0.15) is 0 Å². The SMILES string of the molecule is CCCNC(CCC)C(CC)S(=O)(=O)c1ccccc1Br. The average Bonchev–Trinajstić information content (AvgIpc) is 2.45. The molecule has 0 aromatic heterocycles. The fourth-order valence-corrected chi connectivity index (χ4v) is 5.62. The summed E-state index contributed by atoms with van der Waals surface area (Å²) < 4.78 is 26.6. The molecule has 0 fully saturated rings. The molecule has 5 heteroatoms. The minimum Gasteiger partial charge on any atom is -0.313 e. The van der Waals surface area contributed by atoms with Crippen LogP contribution in [0.5, 0.6) is 0 Å². The number of hydrogen-bond acceptors (Lipinski definition) is 3. The number of nitrogens with one attached hydrogen (secondary N) is 1. The fourth-order valence-electron chi connectivity index (χ4n) is 2.62. The van der Waals surface area contributed by atoms with E-state index in [1.807, 2.05) is 13.0 Å². The Morgan fingerprint density at radius 3 is 2.33 bits per heavy atom. The van der Waals surface area contributed by atoms with Crippen molar-refractivity contribution in [3.8, 4) is 0 Å². The molecule has 21 heavy (non-hydrogen) atoms. The van der Waals surface area contributed by atoms with Crippen LogP contribution in [0.3, 0.4) is 0 Å². The molecule has 0 saturated carbocycles. The Balaban J connectivity index is 3.13. The first-order valence-electron chi connectivity index (χ1n) is 7.70. The normalized spacial score (nSPS) is 14.9. The van der Waals surface area contributed by atoms with Gasteiger partial charge in [0.15, 0.2) is 9.84 Å². The van der Waals surface area contributed by atoms with Crippen molar-refractivity contribution < 1.29 is 8.42 Å². The smallest absolute Gasteiger partial charge is 0.183 e. The van der Waals surface area contributed by atoms with E-state index in [2.05, 4.69) is 35.1 Å². The van der Waals surface area contributed by atoms with Crippen molar-refractivity contribution >= 4 is 25.8 Å². The monoisotopic (exact) mass is 375 g/mol. The summed E-state index contributed by atoms with van der Waals surface area (Å²) >= 11 is 3.37. The highest BCUT2D eigenvalue weighted by Gasteiger charge is 2.33. The molecular formula is C16H26BrNO2S. The summed E-state index contributed by atoms with van der Waals surface area (Å²) in [5, 5.41) is 3.04. The lowest BCUT2D eigenvalue weighted by molar-refractivity contribution is 0.436. The third kappa shape index (κ3) is 4.80. The molecule has 1 aromatic carbocycles. The Hall–Kier alpha value is -0.390. The summed E-state index contributed by atoms with van der Waals surface area (Å²) in [6.45, 7) is 7.00. The number of rotatable bonds is 9. The van der Waals surface area contributed by atoms with Crippen LogP contribution >= 0.6 is 15.9 Å². The maximum Gasteiger partial charge on any atom is 0.183 e. The lowest BCUT2D eigenvalue weighted by Crippen LogP contribution is -2.44. The van der Waals surface area contributed by atoms with Crippen LogP contribution < -0.4 is 5.32 Å². The van der Waals surface area contributed by atoms with E-state index < -0.39 is 9.84 Å². The maximum absolute atomic E-state index is 13.0. The number of hydrogen-bond donors (Lipinski definition) is 1. The molecule has 0 radical (unpaired) electrons. The van der Waals surface area contributed by atoms with E-state index in [-0.39, 0.29) is 11.3 Å². The fraction of sp³-hybridized carbons (Fsp3) is 0.625. The molecule has 1 rings (SSSR count). The second-order valence-electron chi connectivity index (χ2n) is 5.27. The minimum absolute atomic E-state index is 0.0112. The molecule has 0 aliphatic rings. The molecule has 0 heterocycles. The van der Waals surface area contributed by atoms with Gasteiger partial charge in [-0.25, -0.2) is 8.42 Å². The molecule has 0 spiro atoms. The molecule has 0 aliphatic carbocycles. The van der Waals surface area contributed by atoms with Gasteiger partial charge in [0.05, 0.1) is 10.1 Å². The van der Waals surface area contributed by atoms with Crippen LogP contribution in [0.2, 0.25) is 0 Å². The van der Waals surface area contributed by atoms with E-state index in [0.29, 0.717) is 15.8 Å². The largest absolute Gasteiger partial charge is 0.313 e. The zero-order chi connectivity index (χ0) is 15.9. The lowest BCUT2D eigenvalue weighted by Gasteiger charge is -2.27. The van der Waals surface area contributed by atoms with Crippen LogP contribution in [-0.2, 0) is 9.84 Å². The van der Waals surface area contributed by atoms with Gasteiger partial charge in [0.2, 0.25) is 0 Å². The first kappa shape index (κ1) is 18.7. The predicted octanol–water partition coefficient (Wildman–Crippen LogP) is 4.17. The maximum atomic E-state index is 13.0. The van der Waals surface area contributed by atoms with Gasteiger partial charge < -0.3 is 5.32 Å². The van der Waals surface area contributed by atoms with E-state index in [1.54, 1.807) is 18.2 Å². The van der Waals surface area contributed by atoms with Crippen molar-refractivity contribution in [3.63, 3.8) is 0 Å². The van der Waals surface area contributed by atoms with Crippen LogP contribution in [-0.4, -0.2) is 26.3 Å². The molecule has 0 amide bonds. The first-order chi connectivity index (χ1) is 9.98. The van der Waals surface area contributed by atoms with Crippen molar-refractivity contribution in [2.75, 3.05) is 6.54 Å². The molecular weight excluding hydrogens is 350 g/mol. The van der Waals surface area contributed by atoms with Gasteiger partial charge in [-0.15, -0.1) is 0 Å². The van der Waals surface area contributed by atoms with Gasteiger partial charge in [-0.05, 0) is 53.9 Å². The van der Waals surface area contributed by atoms with Crippen LogP contribution in [0, 0.1) is 0 Å². The van der Waals surface area contributed by atoms with Crippen molar-refractivity contribution in [2.24, 2.45) is 0 Å². The summed E-state index contributed by atoms with van der Waals surface area (Å²) in [6, 6.07) is 7.09. The highest BCUT2D eigenvalue weighted by molar-refractivity contribution is 9.10. The number of halogens is 1. The van der Waals surface area contributed by atoms with Gasteiger partial charge in [0.1, 0.15) is 0 Å². The third-order valence-corrected chi connectivity index (χ3v) is 7.03. The molecule has 1 aromatic rings. The summed E-state index contributed by atoms with van der Waals surface area (Å²) in [7, 11) is -3.34. The highest BCUT2D eigenvalue weighted by atomic mass is 79.9. The van der Waals surface area contributed by atoms with Crippen LogP contribution in [0.15, 0.2) is 33.6 Å². The molecule has 120 valence electrons. The van der Waals surface area contributed by atoms with E-state index in [1.165, 1.54) is 0 Å². The Morgan fingerprint density at radius 1 is 1.14 bits per heavy atom. The van der Waals surface area contributed by atoms with E-state index in [9.17, 15) is 8.42 Å². The van der Waals surface area contributed by atoms with Gasteiger partial charge in [0, 0.05) is 10.5 Å². The third-order valence-electron chi connectivity index (χ3n) is 3.65. The zero-order valence-electron chi connectivity index (χ0n) is 13.1. The standard InChI is InChI=1S/C16H26BrNO2S/c1-4-9-14(18-12-5-2)15(6-3)21(19,20)16-11-8-7-10-13(16)17/h7-8,10-11,14-15,18H,4-6,9,12H2,1-3H3. The average molecular weight is 376 g/mol. The summed E-state index contributed by atoms with van der Waals surface area (Å²) in [4.78, 5) is 0.399. The molecule has 0 aliphatic heterocycles. The van der Waals surface area contributed by atoms with Gasteiger partial charge in [-0.1, -0.05) is 39.3 Å². The molecule has 0 saturated heterocycles. The zero-order valence-corrected chi connectivity index (χ0v) is 15.5. The summed E-state index contributed by atoms with van der Waals surface area (Å²) in [6.07, 6.45) is 3.47. The van der Waals surface area contributed by atoms with Crippen molar-refractivity contribution in [3.05, 3.63) is 28.7 Å². The summed E-state index contributed by atoms with van der Waals surface area (Å²) in [5.41, 5.74) is 0. The Labute approximate surface area is 137 Å². The summed E-state index contributed by atoms with van der Waals surface area (Å²) in [5.74, 6) is 0. The van der Waals surface area contributed by atoms with Crippen LogP contribution in [0.4, 0.5) is 0 Å². The Kier molecular flexibility index (Phi) is 7.92.